The molecule has 0 spiro atoms. The van der Waals surface area contributed by atoms with Crippen molar-refractivity contribution in [3.63, 3.8) is 0 Å². The van der Waals surface area contributed by atoms with E-state index in [4.69, 9.17) is 5.11 Å². The fourth-order valence-corrected chi connectivity index (χ4v) is 1.12. The molecule has 142 valence electrons. The third-order valence-corrected chi connectivity index (χ3v) is 2.42. The third kappa shape index (κ3) is 17.1. The Morgan fingerprint density at radius 3 is 1.78 bits per heavy atom. The molecule has 0 aromatic rings. The molecule has 1 atom stereocenters. The van der Waals surface area contributed by atoms with Crippen molar-refractivity contribution in [3.05, 3.63) is 0 Å². The van der Waals surface area contributed by atoms with Gasteiger partial charge in [-0.3, -0.25) is 9.59 Å². The number of carbonyl (C=O) groups excluding carboxylic acids is 2. The van der Waals surface area contributed by atoms with Crippen LogP contribution in [0.5, 0.6) is 0 Å². The molecule has 6 nitrogen and oxygen atoms in total. The Hall–Kier alpha value is -1.14. The van der Waals surface area contributed by atoms with Crippen molar-refractivity contribution in [1.82, 2.24) is 10.6 Å². The largest absolute Gasteiger partial charge is 0.396 e. The summed E-state index contributed by atoms with van der Waals surface area (Å²) in [6, 6.07) is 0. The van der Waals surface area contributed by atoms with Crippen molar-refractivity contribution < 1.29 is 19.8 Å². The summed E-state index contributed by atoms with van der Waals surface area (Å²) in [5.74, 6) is -0.725. The van der Waals surface area contributed by atoms with Crippen LogP contribution in [0.1, 0.15) is 68.7 Å². The Morgan fingerprint density at radius 1 is 1.00 bits per heavy atom. The molecule has 1 unspecified atom stereocenters. The lowest BCUT2D eigenvalue weighted by Crippen LogP contribution is -2.46. The van der Waals surface area contributed by atoms with Crippen LogP contribution in [0.15, 0.2) is 0 Å². The molecule has 23 heavy (non-hydrogen) atoms. The van der Waals surface area contributed by atoms with Crippen LogP contribution in [0.4, 0.5) is 0 Å². The monoisotopic (exact) mass is 336 g/mol. The molecule has 0 aliphatic heterocycles. The van der Waals surface area contributed by atoms with Gasteiger partial charge in [-0.1, -0.05) is 55.4 Å². The van der Waals surface area contributed by atoms with E-state index in [1.165, 1.54) is 0 Å². The molecule has 0 aliphatic rings. The lowest BCUT2D eigenvalue weighted by atomic mass is 9.87. The first-order valence-electron chi connectivity index (χ1n) is 8.68. The van der Waals surface area contributed by atoms with Gasteiger partial charge in [-0.05, 0) is 6.92 Å². The second-order valence-corrected chi connectivity index (χ2v) is 4.54. The number of hydrogen-bond acceptors (Lipinski definition) is 4. The molecular formula is C17H40N2O4. The van der Waals surface area contributed by atoms with Crippen LogP contribution in [0, 0.1) is 5.41 Å². The van der Waals surface area contributed by atoms with Gasteiger partial charge < -0.3 is 20.8 Å². The number of aliphatic hydroxyl groups excluding tert-OH is 2. The van der Waals surface area contributed by atoms with E-state index in [9.17, 15) is 14.7 Å². The number of aliphatic hydroxyl groups is 2. The first kappa shape index (κ1) is 29.8. The molecule has 0 saturated heterocycles. The highest BCUT2D eigenvalue weighted by atomic mass is 16.3. The first-order chi connectivity index (χ1) is 10.8. The molecule has 0 aromatic heterocycles. The van der Waals surface area contributed by atoms with E-state index in [0.29, 0.717) is 6.54 Å². The van der Waals surface area contributed by atoms with E-state index in [0.717, 1.165) is 0 Å². The zero-order valence-electron chi connectivity index (χ0n) is 16.6. The smallest absolute Gasteiger partial charge is 0.249 e. The SMILES string of the molecule is CC.CC.CC.CCNC(=O)CCNC(=O)C(O)C(C)(C)CO. The highest BCUT2D eigenvalue weighted by Crippen LogP contribution is 2.19. The Kier molecular flexibility index (Phi) is 27.0. The predicted molar refractivity (Wildman–Crippen MR) is 97.2 cm³/mol. The van der Waals surface area contributed by atoms with Crippen molar-refractivity contribution in [2.75, 3.05) is 19.7 Å². The normalized spacial score (nSPS) is 10.4. The fraction of sp³-hybridized carbons (Fsp3) is 0.882. The highest BCUT2D eigenvalue weighted by molar-refractivity contribution is 5.82. The van der Waals surface area contributed by atoms with Crippen LogP contribution >= 0.6 is 0 Å². The molecule has 0 aliphatic carbocycles. The molecule has 4 N–H and O–H groups in total. The van der Waals surface area contributed by atoms with Crippen LogP contribution in [-0.4, -0.2) is 47.8 Å². The van der Waals surface area contributed by atoms with Crippen molar-refractivity contribution in [1.29, 1.82) is 0 Å². The molecule has 0 bridgehead atoms. The van der Waals surface area contributed by atoms with Crippen molar-refractivity contribution in [3.8, 4) is 0 Å². The fourth-order valence-electron chi connectivity index (χ4n) is 1.12. The average molecular weight is 337 g/mol. The van der Waals surface area contributed by atoms with E-state index in [-0.39, 0.29) is 25.5 Å². The minimum Gasteiger partial charge on any atom is -0.396 e. The maximum atomic E-state index is 11.5. The Morgan fingerprint density at radius 2 is 1.43 bits per heavy atom. The Bertz CT molecular complexity index is 269. The number of hydrogen-bond donors (Lipinski definition) is 4. The van der Waals surface area contributed by atoms with E-state index >= 15 is 0 Å². The van der Waals surface area contributed by atoms with Crippen LogP contribution in [0.25, 0.3) is 0 Å². The maximum Gasteiger partial charge on any atom is 0.249 e. The molecule has 0 rings (SSSR count). The van der Waals surface area contributed by atoms with Crippen LogP contribution in [0.3, 0.4) is 0 Å². The third-order valence-electron chi connectivity index (χ3n) is 2.42. The van der Waals surface area contributed by atoms with Crippen molar-refractivity contribution >= 4 is 11.8 Å². The summed E-state index contributed by atoms with van der Waals surface area (Å²) in [5, 5.41) is 23.7. The van der Waals surface area contributed by atoms with E-state index in [2.05, 4.69) is 10.6 Å². The van der Waals surface area contributed by atoms with Gasteiger partial charge in [0.05, 0.1) is 6.61 Å². The van der Waals surface area contributed by atoms with Gasteiger partial charge in [0.25, 0.3) is 0 Å². The summed E-state index contributed by atoms with van der Waals surface area (Å²) in [6.45, 7) is 17.4. The van der Waals surface area contributed by atoms with Gasteiger partial charge in [0.15, 0.2) is 0 Å². The molecule has 6 heteroatoms. The summed E-state index contributed by atoms with van der Waals surface area (Å²) < 4.78 is 0. The number of nitrogens with one attached hydrogen (secondary N) is 2. The number of amides is 2. The van der Waals surface area contributed by atoms with Gasteiger partial charge in [0, 0.05) is 24.9 Å². The van der Waals surface area contributed by atoms with Crippen molar-refractivity contribution in [2.24, 2.45) is 5.41 Å². The van der Waals surface area contributed by atoms with Gasteiger partial charge in [-0.25, -0.2) is 0 Å². The minimum atomic E-state index is -1.29. The standard InChI is InChI=1S/C11H22N2O4.3C2H6/c1-4-12-8(15)5-6-13-10(17)9(16)11(2,3)7-14;3*1-2/h9,14,16H,4-7H2,1-3H3,(H,12,15)(H,13,17);3*1-2H3. The lowest BCUT2D eigenvalue weighted by molar-refractivity contribution is -0.137. The zero-order valence-corrected chi connectivity index (χ0v) is 16.6. The lowest BCUT2D eigenvalue weighted by Gasteiger charge is -2.27. The summed E-state index contributed by atoms with van der Waals surface area (Å²) in [4.78, 5) is 22.6. The average Bonchev–Trinajstić information content (AvgIpc) is 2.59. The quantitative estimate of drug-likeness (QED) is 0.572. The summed E-state index contributed by atoms with van der Waals surface area (Å²) in [6.07, 6.45) is -1.12. The maximum absolute atomic E-state index is 11.5. The van der Waals surface area contributed by atoms with Crippen molar-refractivity contribution in [2.45, 2.75) is 74.8 Å². The number of carbonyl (C=O) groups is 2. The zero-order chi connectivity index (χ0) is 19.5. The highest BCUT2D eigenvalue weighted by Gasteiger charge is 2.32. The summed E-state index contributed by atoms with van der Waals surface area (Å²) in [5.41, 5.74) is -0.893. The molecule has 0 radical (unpaired) electrons. The van der Waals surface area contributed by atoms with Gasteiger partial charge in [0.1, 0.15) is 6.10 Å². The minimum absolute atomic E-state index is 0.149. The topological polar surface area (TPSA) is 98.7 Å². The second-order valence-electron chi connectivity index (χ2n) is 4.54. The molecule has 0 heterocycles. The Labute approximate surface area is 143 Å². The molecular weight excluding hydrogens is 296 g/mol. The molecule has 2 amide bonds. The van der Waals surface area contributed by atoms with Crippen LogP contribution < -0.4 is 10.6 Å². The van der Waals surface area contributed by atoms with Crippen LogP contribution in [-0.2, 0) is 9.59 Å². The van der Waals surface area contributed by atoms with E-state index in [1.807, 2.05) is 48.5 Å². The van der Waals surface area contributed by atoms with Gasteiger partial charge >= 0.3 is 0 Å². The first-order valence-corrected chi connectivity index (χ1v) is 8.68. The molecule has 0 saturated carbocycles. The van der Waals surface area contributed by atoms with E-state index in [1.54, 1.807) is 13.8 Å². The van der Waals surface area contributed by atoms with E-state index < -0.39 is 17.4 Å². The molecule has 0 fully saturated rings. The number of rotatable bonds is 7. The predicted octanol–water partition coefficient (Wildman–Crippen LogP) is 2.09. The van der Waals surface area contributed by atoms with Crippen LogP contribution in [0.2, 0.25) is 0 Å². The van der Waals surface area contributed by atoms with Gasteiger partial charge in [-0.15, -0.1) is 0 Å². The molecule has 0 aromatic carbocycles. The summed E-state index contributed by atoms with van der Waals surface area (Å²) >= 11 is 0. The van der Waals surface area contributed by atoms with Gasteiger partial charge in [0.2, 0.25) is 11.8 Å². The summed E-state index contributed by atoms with van der Waals surface area (Å²) in [7, 11) is 0. The second kappa shape index (κ2) is 20.9. The van der Waals surface area contributed by atoms with Gasteiger partial charge in [-0.2, -0.15) is 0 Å². The Balaban J connectivity index is -0.000000267.